The number of aliphatic hydroxyl groups excluding tert-OH is 5. The summed E-state index contributed by atoms with van der Waals surface area (Å²) in [6.45, 7) is 4.33. The molecule has 1 amide bonds. The molecular weight excluding hydrogens is 622 g/mol. The van der Waals surface area contributed by atoms with Crippen molar-refractivity contribution in [2.75, 3.05) is 19.7 Å². The third-order valence-electron chi connectivity index (χ3n) is 7.80. The van der Waals surface area contributed by atoms with Crippen LogP contribution in [0, 0.1) is 13.8 Å². The normalized spacial score (nSPS) is 15.3. The fraction of sp³-hybridized carbons (Fsp3) is 0.438. The van der Waals surface area contributed by atoms with E-state index in [1.54, 1.807) is 31.5 Å². The molecule has 13 heteroatoms. The number of rotatable bonds is 16. The van der Waals surface area contributed by atoms with Crippen molar-refractivity contribution in [3.8, 4) is 11.1 Å². The fourth-order valence-corrected chi connectivity index (χ4v) is 7.13. The molecule has 0 radical (unpaired) electrons. The van der Waals surface area contributed by atoms with Gasteiger partial charge in [-0.2, -0.15) is 4.31 Å². The summed E-state index contributed by atoms with van der Waals surface area (Å²) >= 11 is 6.29. The van der Waals surface area contributed by atoms with Gasteiger partial charge >= 0.3 is 0 Å². The first kappa shape index (κ1) is 36.5. The van der Waals surface area contributed by atoms with Crippen LogP contribution in [0.2, 0.25) is 5.02 Å². The van der Waals surface area contributed by atoms with Crippen molar-refractivity contribution in [2.45, 2.75) is 75.4 Å². The molecule has 11 nitrogen and oxygen atoms in total. The maximum absolute atomic E-state index is 14.1. The minimum atomic E-state index is -4.02. The maximum Gasteiger partial charge on any atom is 0.243 e. The SMILES string of the molecule is Cc1cnccc1-c1cccc([C@H](C)N(CCCCC(=O)NC[C@@H](O)[C@H](O)[C@@H](O)[C@@H](O)CO)S(=O)(=O)c2cccc(Cl)c2C)c1. The standard InChI is InChI=1S/C32H42ClN3O8S/c1-20-17-34-14-13-25(20)24-9-6-8-23(16-24)22(3)36(45(43,44)29-11-7-10-26(33)21(29)2)15-5-4-12-30(40)35-18-27(38)31(41)32(42)28(39)19-37/h6-11,13-14,16-17,22,27-28,31-32,37-39,41-42H,4-5,12,15,18-19H2,1-3H3,(H,35,40)/t22-,27+,28-,31-,32-/m0/s1. The van der Waals surface area contributed by atoms with Crippen LogP contribution in [0.5, 0.6) is 0 Å². The molecule has 0 aliphatic rings. The molecule has 0 aliphatic carbocycles. The third kappa shape index (κ3) is 9.30. The van der Waals surface area contributed by atoms with Gasteiger partial charge in [0, 0.05) is 43.0 Å². The van der Waals surface area contributed by atoms with E-state index in [0.717, 1.165) is 22.3 Å². The summed E-state index contributed by atoms with van der Waals surface area (Å²) in [6.07, 6.45) is -2.66. The lowest BCUT2D eigenvalue weighted by atomic mass is 9.98. The number of carbonyl (C=O) groups is 1. The number of nitrogens with zero attached hydrogens (tertiary/aromatic N) is 2. The van der Waals surface area contributed by atoms with Crippen LogP contribution < -0.4 is 5.32 Å². The Bertz CT molecular complexity index is 1540. The Morgan fingerprint density at radius 3 is 2.38 bits per heavy atom. The Hall–Kier alpha value is -2.94. The van der Waals surface area contributed by atoms with E-state index < -0.39 is 59.5 Å². The van der Waals surface area contributed by atoms with Gasteiger partial charge in [-0.3, -0.25) is 9.78 Å². The topological polar surface area (TPSA) is 181 Å². The van der Waals surface area contributed by atoms with Gasteiger partial charge in [-0.05, 0) is 85.7 Å². The van der Waals surface area contributed by atoms with Crippen LogP contribution in [-0.2, 0) is 14.8 Å². The molecule has 0 bridgehead atoms. The fourth-order valence-electron chi connectivity index (χ4n) is 4.99. The van der Waals surface area contributed by atoms with Crippen molar-refractivity contribution in [3.63, 3.8) is 0 Å². The van der Waals surface area contributed by atoms with Gasteiger partial charge < -0.3 is 30.8 Å². The molecule has 5 atom stereocenters. The first-order valence-corrected chi connectivity index (χ1v) is 16.5. The zero-order chi connectivity index (χ0) is 33.3. The number of carbonyl (C=O) groups excluding carboxylic acids is 1. The van der Waals surface area contributed by atoms with Gasteiger partial charge in [-0.25, -0.2) is 8.42 Å². The van der Waals surface area contributed by atoms with Gasteiger partial charge in [0.2, 0.25) is 15.9 Å². The molecule has 0 spiro atoms. The number of halogens is 1. The average Bonchev–Trinajstić information content (AvgIpc) is 3.03. The Morgan fingerprint density at radius 2 is 1.69 bits per heavy atom. The molecule has 0 saturated carbocycles. The summed E-state index contributed by atoms with van der Waals surface area (Å²) in [5.41, 5.74) is 4.13. The highest BCUT2D eigenvalue weighted by Crippen LogP contribution is 2.33. The summed E-state index contributed by atoms with van der Waals surface area (Å²) in [4.78, 5) is 16.7. The van der Waals surface area contributed by atoms with Crippen molar-refractivity contribution < 1.29 is 38.7 Å². The Kier molecular flexibility index (Phi) is 13.5. The molecular formula is C32H42ClN3O8S. The van der Waals surface area contributed by atoms with E-state index in [1.165, 1.54) is 10.4 Å². The summed E-state index contributed by atoms with van der Waals surface area (Å²) in [5.74, 6) is -0.452. The molecule has 6 N–H and O–H groups in total. The number of benzene rings is 2. The van der Waals surface area contributed by atoms with Crippen molar-refractivity contribution in [2.24, 2.45) is 0 Å². The van der Waals surface area contributed by atoms with Gasteiger partial charge in [-0.15, -0.1) is 0 Å². The number of pyridine rings is 1. The molecule has 3 rings (SSSR count). The second kappa shape index (κ2) is 16.6. The predicted molar refractivity (Wildman–Crippen MR) is 171 cm³/mol. The Morgan fingerprint density at radius 1 is 1.00 bits per heavy atom. The number of aryl methyl sites for hydroxylation is 1. The summed E-state index contributed by atoms with van der Waals surface area (Å²) in [7, 11) is -4.02. The highest BCUT2D eigenvalue weighted by atomic mass is 35.5. The third-order valence-corrected chi connectivity index (χ3v) is 10.3. The van der Waals surface area contributed by atoms with Gasteiger partial charge in [-0.1, -0.05) is 35.9 Å². The molecule has 1 aromatic heterocycles. The number of aromatic nitrogens is 1. The monoisotopic (exact) mass is 663 g/mol. The highest BCUT2D eigenvalue weighted by Gasteiger charge is 2.32. The minimum Gasteiger partial charge on any atom is -0.394 e. The average molecular weight is 664 g/mol. The van der Waals surface area contributed by atoms with E-state index >= 15 is 0 Å². The van der Waals surface area contributed by atoms with Crippen LogP contribution >= 0.6 is 11.6 Å². The van der Waals surface area contributed by atoms with E-state index in [9.17, 15) is 33.6 Å². The van der Waals surface area contributed by atoms with Crippen molar-refractivity contribution in [1.29, 1.82) is 0 Å². The second-order valence-corrected chi connectivity index (χ2v) is 13.3. The zero-order valence-corrected chi connectivity index (χ0v) is 27.1. The lowest BCUT2D eigenvalue weighted by molar-refractivity contribution is -0.126. The first-order chi connectivity index (χ1) is 21.3. The Labute approximate surface area is 269 Å². The van der Waals surface area contributed by atoms with Crippen molar-refractivity contribution in [3.05, 3.63) is 82.6 Å². The number of amides is 1. The van der Waals surface area contributed by atoms with Crippen molar-refractivity contribution >= 4 is 27.5 Å². The van der Waals surface area contributed by atoms with Gasteiger partial charge in [0.15, 0.2) is 0 Å². The molecule has 3 aromatic rings. The van der Waals surface area contributed by atoms with E-state index in [-0.39, 0.29) is 17.9 Å². The van der Waals surface area contributed by atoms with Crippen LogP contribution in [0.25, 0.3) is 11.1 Å². The maximum atomic E-state index is 14.1. The van der Waals surface area contributed by atoms with Crippen LogP contribution in [0.3, 0.4) is 0 Å². The lowest BCUT2D eigenvalue weighted by Gasteiger charge is -2.30. The smallest absolute Gasteiger partial charge is 0.243 e. The van der Waals surface area contributed by atoms with E-state index in [1.807, 2.05) is 44.2 Å². The Balaban J connectivity index is 1.75. The largest absolute Gasteiger partial charge is 0.394 e. The van der Waals surface area contributed by atoms with E-state index in [0.29, 0.717) is 23.4 Å². The molecule has 0 saturated heterocycles. The molecule has 2 aromatic carbocycles. The van der Waals surface area contributed by atoms with Gasteiger partial charge in [0.1, 0.15) is 18.3 Å². The number of unbranched alkanes of at least 4 members (excludes halogenated alkanes) is 1. The first-order valence-electron chi connectivity index (χ1n) is 14.7. The van der Waals surface area contributed by atoms with Crippen LogP contribution in [0.4, 0.5) is 0 Å². The molecule has 0 fully saturated rings. The van der Waals surface area contributed by atoms with Gasteiger partial charge in [0.05, 0.1) is 17.6 Å². The number of hydrogen-bond donors (Lipinski definition) is 6. The van der Waals surface area contributed by atoms with Crippen LogP contribution in [-0.4, -0.2) is 93.3 Å². The number of aliphatic hydroxyl groups is 5. The molecule has 246 valence electrons. The second-order valence-electron chi connectivity index (χ2n) is 11.0. The minimum absolute atomic E-state index is 0.0138. The lowest BCUT2D eigenvalue weighted by Crippen LogP contribution is -2.49. The molecule has 0 aliphatic heterocycles. The van der Waals surface area contributed by atoms with Crippen molar-refractivity contribution in [1.82, 2.24) is 14.6 Å². The number of sulfonamides is 1. The number of hydrogen-bond acceptors (Lipinski definition) is 9. The predicted octanol–water partition coefficient (Wildman–Crippen LogP) is 2.49. The number of nitrogens with one attached hydrogen (secondary N) is 1. The van der Waals surface area contributed by atoms with E-state index in [4.69, 9.17) is 16.7 Å². The highest BCUT2D eigenvalue weighted by molar-refractivity contribution is 7.89. The summed E-state index contributed by atoms with van der Waals surface area (Å²) < 4.78 is 29.6. The quantitative estimate of drug-likeness (QED) is 0.126. The van der Waals surface area contributed by atoms with Gasteiger partial charge in [0.25, 0.3) is 0 Å². The van der Waals surface area contributed by atoms with Crippen LogP contribution in [0.15, 0.2) is 65.8 Å². The molecule has 45 heavy (non-hydrogen) atoms. The molecule has 0 unspecified atom stereocenters. The summed E-state index contributed by atoms with van der Waals surface area (Å²) in [6, 6.07) is 13.8. The summed E-state index contributed by atoms with van der Waals surface area (Å²) in [5, 5.41) is 50.8. The molecule has 1 heterocycles. The van der Waals surface area contributed by atoms with E-state index in [2.05, 4.69) is 10.3 Å². The zero-order valence-electron chi connectivity index (χ0n) is 25.5. The van der Waals surface area contributed by atoms with Crippen LogP contribution in [0.1, 0.15) is 48.9 Å².